The fourth-order valence-corrected chi connectivity index (χ4v) is 3.29. The lowest BCUT2D eigenvalue weighted by Crippen LogP contribution is -2.65. The van der Waals surface area contributed by atoms with E-state index in [0.717, 1.165) is 36.2 Å². The average molecular weight is 354 g/mol. The Morgan fingerprint density at radius 1 is 1.43 bits per heavy atom. The molecule has 0 saturated carbocycles. The second-order valence-corrected chi connectivity index (χ2v) is 8.47. The summed E-state index contributed by atoms with van der Waals surface area (Å²) in [5.74, 6) is 0. The van der Waals surface area contributed by atoms with Crippen molar-refractivity contribution in [3.8, 4) is 0 Å². The fourth-order valence-electron chi connectivity index (χ4n) is 3.05. The normalized spacial score (nSPS) is 27.8. The highest BCUT2D eigenvalue weighted by Crippen LogP contribution is 2.30. The first-order valence-corrected chi connectivity index (χ1v) is 8.62. The third kappa shape index (κ3) is 4.27. The van der Waals surface area contributed by atoms with Crippen LogP contribution in [0.25, 0.3) is 0 Å². The minimum Gasteiger partial charge on any atom is -0.309 e. The van der Waals surface area contributed by atoms with Gasteiger partial charge in [-0.15, -0.1) is 0 Å². The summed E-state index contributed by atoms with van der Waals surface area (Å²) >= 11 is 3.46. The molecule has 118 valence electrons. The molecular weight excluding hydrogens is 326 g/mol. The number of halogens is 1. The van der Waals surface area contributed by atoms with E-state index in [1.807, 2.05) is 6.20 Å². The van der Waals surface area contributed by atoms with Gasteiger partial charge in [0.05, 0.1) is 5.69 Å². The highest BCUT2D eigenvalue weighted by atomic mass is 79.9. The lowest BCUT2D eigenvalue weighted by atomic mass is 9.81. The van der Waals surface area contributed by atoms with Crippen LogP contribution in [-0.4, -0.2) is 34.6 Å². The molecule has 1 aromatic rings. The van der Waals surface area contributed by atoms with Crippen LogP contribution in [0.2, 0.25) is 0 Å². The molecule has 0 amide bonds. The van der Waals surface area contributed by atoms with E-state index in [1.165, 1.54) is 0 Å². The summed E-state index contributed by atoms with van der Waals surface area (Å²) in [4.78, 5) is 7.16. The predicted molar refractivity (Wildman–Crippen MR) is 92.3 cm³/mol. The molecule has 2 heterocycles. The second kappa shape index (κ2) is 6.35. The molecule has 0 aromatic carbocycles. The Bertz CT molecular complexity index is 466. The minimum atomic E-state index is 0.205. The Balaban J connectivity index is 2.18. The summed E-state index contributed by atoms with van der Waals surface area (Å²) in [6.07, 6.45) is 3.04. The summed E-state index contributed by atoms with van der Waals surface area (Å²) in [5, 5.41) is 3.76. The van der Waals surface area contributed by atoms with Crippen molar-refractivity contribution < 1.29 is 0 Å². The number of pyridine rings is 1. The number of hydrogen-bond acceptors (Lipinski definition) is 3. The molecule has 1 saturated heterocycles. The van der Waals surface area contributed by atoms with Crippen LogP contribution in [-0.2, 0) is 6.54 Å². The summed E-state index contributed by atoms with van der Waals surface area (Å²) < 4.78 is 1.04. The van der Waals surface area contributed by atoms with E-state index < -0.39 is 0 Å². The molecule has 1 fully saturated rings. The van der Waals surface area contributed by atoms with Gasteiger partial charge in [0.2, 0.25) is 0 Å². The second-order valence-electron chi connectivity index (χ2n) is 7.55. The van der Waals surface area contributed by atoms with E-state index >= 15 is 0 Å². The molecule has 1 aromatic heterocycles. The highest BCUT2D eigenvalue weighted by molar-refractivity contribution is 9.10. The molecule has 1 aliphatic rings. The van der Waals surface area contributed by atoms with Gasteiger partial charge >= 0.3 is 0 Å². The Labute approximate surface area is 137 Å². The Morgan fingerprint density at radius 3 is 2.67 bits per heavy atom. The van der Waals surface area contributed by atoms with E-state index in [1.54, 1.807) is 0 Å². The van der Waals surface area contributed by atoms with Crippen molar-refractivity contribution in [3.05, 3.63) is 28.5 Å². The van der Waals surface area contributed by atoms with E-state index in [-0.39, 0.29) is 11.0 Å². The lowest BCUT2D eigenvalue weighted by molar-refractivity contribution is 0.0196. The molecule has 1 N–H and O–H groups in total. The molecule has 4 heteroatoms. The molecule has 2 atom stereocenters. The van der Waals surface area contributed by atoms with Crippen LogP contribution in [0.5, 0.6) is 0 Å². The van der Waals surface area contributed by atoms with Crippen LogP contribution in [0.15, 0.2) is 22.8 Å². The highest BCUT2D eigenvalue weighted by Gasteiger charge is 2.39. The zero-order chi connectivity index (χ0) is 15.7. The maximum Gasteiger partial charge on any atom is 0.0544 e. The van der Waals surface area contributed by atoms with Crippen molar-refractivity contribution in [1.29, 1.82) is 0 Å². The molecule has 21 heavy (non-hydrogen) atoms. The van der Waals surface area contributed by atoms with Gasteiger partial charge in [-0.25, -0.2) is 0 Å². The Kier molecular flexibility index (Phi) is 5.11. The van der Waals surface area contributed by atoms with E-state index in [9.17, 15) is 0 Å². The summed E-state index contributed by atoms with van der Waals surface area (Å²) in [7, 11) is 0. The van der Waals surface area contributed by atoms with Crippen LogP contribution < -0.4 is 5.32 Å². The van der Waals surface area contributed by atoms with Crippen LogP contribution >= 0.6 is 15.9 Å². The quantitative estimate of drug-likeness (QED) is 0.894. The van der Waals surface area contributed by atoms with Gasteiger partial charge in [-0.2, -0.15) is 0 Å². The van der Waals surface area contributed by atoms with Crippen LogP contribution in [0, 0.1) is 5.41 Å². The van der Waals surface area contributed by atoms with Crippen molar-refractivity contribution in [3.63, 3.8) is 0 Å². The zero-order valence-electron chi connectivity index (χ0n) is 13.9. The zero-order valence-corrected chi connectivity index (χ0v) is 15.5. The topological polar surface area (TPSA) is 28.2 Å². The van der Waals surface area contributed by atoms with Crippen molar-refractivity contribution in [1.82, 2.24) is 15.2 Å². The number of nitrogens with one attached hydrogen (secondary N) is 1. The summed E-state index contributed by atoms with van der Waals surface area (Å²) in [5.41, 5.74) is 1.61. The van der Waals surface area contributed by atoms with Crippen molar-refractivity contribution >= 4 is 15.9 Å². The number of rotatable bonds is 3. The van der Waals surface area contributed by atoms with Gasteiger partial charge < -0.3 is 5.32 Å². The van der Waals surface area contributed by atoms with Gasteiger partial charge in [-0.05, 0) is 46.8 Å². The Morgan fingerprint density at radius 2 is 2.14 bits per heavy atom. The standard InChI is InChI=1S/C17H28BrN3/c1-6-17(5)12-21(15(10-20-17)16(2,3)4)11-14-8-7-13(18)9-19-14/h7-9,15,20H,6,10-12H2,1-5H3. The number of piperazine rings is 1. The van der Waals surface area contributed by atoms with Gasteiger partial charge in [0.15, 0.2) is 0 Å². The summed E-state index contributed by atoms with van der Waals surface area (Å²) in [6.45, 7) is 14.6. The van der Waals surface area contributed by atoms with E-state index in [0.29, 0.717) is 6.04 Å². The molecular formula is C17H28BrN3. The van der Waals surface area contributed by atoms with Gasteiger partial charge in [0, 0.05) is 41.9 Å². The van der Waals surface area contributed by atoms with Crippen molar-refractivity contribution in [2.45, 2.75) is 59.2 Å². The van der Waals surface area contributed by atoms with Crippen LogP contribution in [0.1, 0.15) is 46.7 Å². The molecule has 0 bridgehead atoms. The van der Waals surface area contributed by atoms with Crippen molar-refractivity contribution in [2.75, 3.05) is 13.1 Å². The maximum absolute atomic E-state index is 4.55. The maximum atomic E-state index is 4.55. The lowest BCUT2D eigenvalue weighted by Gasteiger charge is -2.50. The van der Waals surface area contributed by atoms with E-state index in [4.69, 9.17) is 0 Å². The molecule has 0 spiro atoms. The first-order chi connectivity index (χ1) is 9.73. The molecule has 2 rings (SSSR count). The van der Waals surface area contributed by atoms with Gasteiger partial charge in [0.25, 0.3) is 0 Å². The largest absolute Gasteiger partial charge is 0.309 e. The molecule has 2 unspecified atom stereocenters. The SMILES string of the molecule is CCC1(C)CN(Cc2ccc(Br)cn2)C(C(C)(C)C)CN1. The predicted octanol–water partition coefficient (Wildman–Crippen LogP) is 3.83. The van der Waals surface area contributed by atoms with Crippen molar-refractivity contribution in [2.24, 2.45) is 5.41 Å². The first kappa shape index (κ1) is 16.9. The number of aromatic nitrogens is 1. The molecule has 3 nitrogen and oxygen atoms in total. The van der Waals surface area contributed by atoms with Crippen LogP contribution in [0.4, 0.5) is 0 Å². The summed E-state index contributed by atoms with van der Waals surface area (Å²) in [6, 6.07) is 4.73. The third-order valence-corrected chi connectivity index (χ3v) is 5.12. The van der Waals surface area contributed by atoms with Crippen LogP contribution in [0.3, 0.4) is 0 Å². The minimum absolute atomic E-state index is 0.205. The fraction of sp³-hybridized carbons (Fsp3) is 0.706. The Hall–Kier alpha value is -0.450. The molecule has 0 aliphatic carbocycles. The van der Waals surface area contributed by atoms with E-state index in [2.05, 4.69) is 77.9 Å². The van der Waals surface area contributed by atoms with Gasteiger partial charge in [0.1, 0.15) is 0 Å². The molecule has 1 aliphatic heterocycles. The number of hydrogen-bond donors (Lipinski definition) is 1. The average Bonchev–Trinajstić information content (AvgIpc) is 2.40. The first-order valence-electron chi connectivity index (χ1n) is 7.83. The van der Waals surface area contributed by atoms with Gasteiger partial charge in [-0.3, -0.25) is 9.88 Å². The molecule has 0 radical (unpaired) electrons. The number of nitrogens with zero attached hydrogens (tertiary/aromatic N) is 2. The monoisotopic (exact) mass is 353 g/mol. The van der Waals surface area contributed by atoms with Gasteiger partial charge in [-0.1, -0.05) is 27.7 Å². The smallest absolute Gasteiger partial charge is 0.0544 e. The third-order valence-electron chi connectivity index (χ3n) is 4.65.